The SMILES string of the molecule is CCOc1cc(/C=C2/NC(=O)N(Cc3ccccc3)C2=O)cc(Br)c1OCc1ccc(I)cc1. The molecule has 0 spiro atoms. The summed E-state index contributed by atoms with van der Waals surface area (Å²) in [7, 11) is 0. The Kier molecular flexibility index (Phi) is 7.89. The lowest BCUT2D eigenvalue weighted by atomic mass is 10.1. The van der Waals surface area contributed by atoms with Gasteiger partial charge < -0.3 is 14.8 Å². The van der Waals surface area contributed by atoms with E-state index in [0.29, 0.717) is 34.7 Å². The molecule has 3 amide bonds. The van der Waals surface area contributed by atoms with Gasteiger partial charge in [-0.3, -0.25) is 9.69 Å². The normalized spacial score (nSPS) is 14.4. The molecule has 1 aliphatic heterocycles. The van der Waals surface area contributed by atoms with Crippen molar-refractivity contribution in [2.24, 2.45) is 0 Å². The molecule has 0 radical (unpaired) electrons. The molecule has 1 N–H and O–H groups in total. The van der Waals surface area contributed by atoms with E-state index in [1.165, 1.54) is 4.90 Å². The molecule has 1 aliphatic rings. The van der Waals surface area contributed by atoms with E-state index < -0.39 is 6.03 Å². The van der Waals surface area contributed by atoms with Crippen molar-refractivity contribution < 1.29 is 19.1 Å². The standard InChI is InChI=1S/C26H22BrIN2O4/c1-2-33-23-14-19(12-21(27)24(23)34-16-18-8-10-20(28)11-9-18)13-22-25(31)30(26(32)29-22)15-17-6-4-3-5-7-17/h3-14H,2,15-16H2,1H3,(H,29,32)/b22-13+. The minimum atomic E-state index is -0.443. The second kappa shape index (κ2) is 11.1. The van der Waals surface area contributed by atoms with Crippen LogP contribution < -0.4 is 14.8 Å². The highest BCUT2D eigenvalue weighted by atomic mass is 127. The van der Waals surface area contributed by atoms with Crippen LogP contribution in [0.3, 0.4) is 0 Å². The molecule has 0 aliphatic carbocycles. The molecule has 0 saturated carbocycles. The Morgan fingerprint density at radius 2 is 1.74 bits per heavy atom. The summed E-state index contributed by atoms with van der Waals surface area (Å²) in [5, 5.41) is 2.67. The van der Waals surface area contributed by atoms with Crippen LogP contribution in [-0.4, -0.2) is 23.4 Å². The first-order valence-corrected chi connectivity index (χ1v) is 12.5. The molecule has 3 aromatic carbocycles. The van der Waals surface area contributed by atoms with Gasteiger partial charge in [0.15, 0.2) is 11.5 Å². The highest BCUT2D eigenvalue weighted by Gasteiger charge is 2.33. The first kappa shape index (κ1) is 24.3. The van der Waals surface area contributed by atoms with E-state index in [-0.39, 0.29) is 18.1 Å². The van der Waals surface area contributed by atoms with Crippen molar-refractivity contribution >= 4 is 56.5 Å². The van der Waals surface area contributed by atoms with Crippen molar-refractivity contribution in [1.29, 1.82) is 0 Å². The summed E-state index contributed by atoms with van der Waals surface area (Å²) in [6, 6.07) is 20.7. The average Bonchev–Trinajstić information content (AvgIpc) is 3.08. The summed E-state index contributed by atoms with van der Waals surface area (Å²) in [6.45, 7) is 2.94. The summed E-state index contributed by atoms with van der Waals surface area (Å²) in [5.74, 6) is 0.754. The fraction of sp³-hybridized carbons (Fsp3) is 0.154. The number of amides is 3. The van der Waals surface area contributed by atoms with Crippen LogP contribution in [0.2, 0.25) is 0 Å². The van der Waals surface area contributed by atoms with Crippen LogP contribution >= 0.6 is 38.5 Å². The van der Waals surface area contributed by atoms with Crippen molar-refractivity contribution in [3.63, 3.8) is 0 Å². The van der Waals surface area contributed by atoms with E-state index in [0.717, 1.165) is 14.7 Å². The van der Waals surface area contributed by atoms with Crippen LogP contribution in [0.4, 0.5) is 4.79 Å². The van der Waals surface area contributed by atoms with E-state index in [1.807, 2.05) is 67.6 Å². The number of ether oxygens (including phenoxy) is 2. The molecule has 1 heterocycles. The van der Waals surface area contributed by atoms with Crippen molar-refractivity contribution in [2.45, 2.75) is 20.1 Å². The first-order valence-electron chi connectivity index (χ1n) is 10.7. The maximum absolute atomic E-state index is 12.9. The molecule has 0 aromatic heterocycles. The Bertz CT molecular complexity index is 1230. The second-order valence-electron chi connectivity index (χ2n) is 7.54. The number of rotatable bonds is 8. The molecule has 174 valence electrons. The maximum atomic E-state index is 12.9. The van der Waals surface area contributed by atoms with Gasteiger partial charge in [0, 0.05) is 3.57 Å². The molecule has 3 aromatic rings. The highest BCUT2D eigenvalue weighted by molar-refractivity contribution is 14.1. The lowest BCUT2D eigenvalue weighted by Crippen LogP contribution is -2.30. The Labute approximate surface area is 220 Å². The summed E-state index contributed by atoms with van der Waals surface area (Å²) < 4.78 is 13.7. The number of halogens is 2. The maximum Gasteiger partial charge on any atom is 0.329 e. The fourth-order valence-corrected chi connectivity index (χ4v) is 4.39. The summed E-state index contributed by atoms with van der Waals surface area (Å²) in [5.41, 5.74) is 2.83. The number of nitrogens with zero attached hydrogens (tertiary/aromatic N) is 1. The number of carbonyl (C=O) groups excluding carboxylic acids is 2. The third-order valence-corrected chi connectivity index (χ3v) is 6.39. The van der Waals surface area contributed by atoms with Gasteiger partial charge in [-0.15, -0.1) is 0 Å². The molecular weight excluding hydrogens is 611 g/mol. The lowest BCUT2D eigenvalue weighted by Gasteiger charge is -2.15. The third-order valence-electron chi connectivity index (χ3n) is 5.08. The molecule has 6 nitrogen and oxygen atoms in total. The fourth-order valence-electron chi connectivity index (χ4n) is 3.46. The van der Waals surface area contributed by atoms with E-state index in [4.69, 9.17) is 9.47 Å². The molecule has 1 fully saturated rings. The minimum Gasteiger partial charge on any atom is -0.490 e. The van der Waals surface area contributed by atoms with Crippen molar-refractivity contribution in [3.05, 3.63) is 97.2 Å². The van der Waals surface area contributed by atoms with Crippen molar-refractivity contribution in [1.82, 2.24) is 10.2 Å². The number of carbonyl (C=O) groups is 2. The number of hydrogen-bond donors (Lipinski definition) is 1. The topological polar surface area (TPSA) is 67.9 Å². The zero-order valence-corrected chi connectivity index (χ0v) is 22.1. The number of hydrogen-bond acceptors (Lipinski definition) is 4. The first-order chi connectivity index (χ1) is 16.4. The van der Waals surface area contributed by atoms with Crippen molar-refractivity contribution in [2.75, 3.05) is 6.61 Å². The molecule has 0 atom stereocenters. The quantitative estimate of drug-likeness (QED) is 0.185. The lowest BCUT2D eigenvalue weighted by molar-refractivity contribution is -0.123. The molecule has 1 saturated heterocycles. The van der Waals surface area contributed by atoms with Crippen LogP contribution in [0.25, 0.3) is 6.08 Å². The van der Waals surface area contributed by atoms with E-state index >= 15 is 0 Å². The predicted molar refractivity (Wildman–Crippen MR) is 142 cm³/mol. The minimum absolute atomic E-state index is 0.210. The molecule has 0 bridgehead atoms. The Morgan fingerprint density at radius 1 is 1.00 bits per heavy atom. The summed E-state index contributed by atoms with van der Waals surface area (Å²) in [6.07, 6.45) is 1.64. The Balaban J connectivity index is 1.55. The van der Waals surface area contributed by atoms with Crippen molar-refractivity contribution in [3.8, 4) is 11.5 Å². The van der Waals surface area contributed by atoms with Gasteiger partial charge in [-0.2, -0.15) is 0 Å². The van der Waals surface area contributed by atoms with E-state index in [1.54, 1.807) is 12.1 Å². The molecule has 8 heteroatoms. The van der Waals surface area contributed by atoms with Crippen LogP contribution in [-0.2, 0) is 17.9 Å². The van der Waals surface area contributed by atoms with Crippen LogP contribution in [0, 0.1) is 3.57 Å². The third kappa shape index (κ3) is 5.79. The number of nitrogens with one attached hydrogen (secondary N) is 1. The monoisotopic (exact) mass is 632 g/mol. The van der Waals surface area contributed by atoms with Crippen LogP contribution in [0.1, 0.15) is 23.6 Å². The molecule has 0 unspecified atom stereocenters. The zero-order chi connectivity index (χ0) is 24.1. The van der Waals surface area contributed by atoms with Gasteiger partial charge in [0.1, 0.15) is 12.3 Å². The second-order valence-corrected chi connectivity index (χ2v) is 9.64. The van der Waals surface area contributed by atoms with Gasteiger partial charge in [-0.1, -0.05) is 42.5 Å². The molecule has 4 rings (SSSR count). The highest BCUT2D eigenvalue weighted by Crippen LogP contribution is 2.38. The summed E-state index contributed by atoms with van der Waals surface area (Å²) >= 11 is 5.83. The number of urea groups is 1. The Morgan fingerprint density at radius 3 is 2.44 bits per heavy atom. The smallest absolute Gasteiger partial charge is 0.329 e. The van der Waals surface area contributed by atoms with Gasteiger partial charge in [-0.05, 0) is 92.5 Å². The van der Waals surface area contributed by atoms with E-state index in [2.05, 4.69) is 43.8 Å². The molecular formula is C26H22BrIN2O4. The zero-order valence-electron chi connectivity index (χ0n) is 18.4. The number of imide groups is 1. The Hall–Kier alpha value is -2.85. The average molecular weight is 633 g/mol. The number of benzene rings is 3. The molecule has 34 heavy (non-hydrogen) atoms. The van der Waals surface area contributed by atoms with Gasteiger partial charge in [0.2, 0.25) is 0 Å². The van der Waals surface area contributed by atoms with Crippen LogP contribution in [0.15, 0.2) is 76.9 Å². The van der Waals surface area contributed by atoms with Crippen LogP contribution in [0.5, 0.6) is 11.5 Å². The summed E-state index contributed by atoms with van der Waals surface area (Å²) in [4.78, 5) is 26.5. The van der Waals surface area contributed by atoms with Gasteiger partial charge in [0.25, 0.3) is 5.91 Å². The van der Waals surface area contributed by atoms with Gasteiger partial charge in [-0.25, -0.2) is 4.79 Å². The van der Waals surface area contributed by atoms with E-state index in [9.17, 15) is 9.59 Å². The predicted octanol–water partition coefficient (Wildman–Crippen LogP) is 6.12. The van der Waals surface area contributed by atoms with Gasteiger partial charge >= 0.3 is 6.03 Å². The van der Waals surface area contributed by atoms with Gasteiger partial charge in [0.05, 0.1) is 17.6 Å². The largest absolute Gasteiger partial charge is 0.490 e.